The Labute approximate surface area is 185 Å². The van der Waals surface area contributed by atoms with Crippen molar-refractivity contribution in [1.29, 1.82) is 0 Å². The van der Waals surface area contributed by atoms with Gasteiger partial charge in [0.15, 0.2) is 20.7 Å². The molecule has 0 unspecified atom stereocenters. The number of carbonyl (C=O) groups is 1. The molecule has 1 N–H and O–H groups in total. The standard InChI is InChI=1S/C21H25N3O5S2/c1-13-12-22-21(30-13)23-20(25)19(24-29-16-6-5-15(11-16)28-2)14-3-7-17(8-4-14)31(26,27)18-9-10-18/h3-4,7-8,12,15-16,18H,5-6,9-11H2,1-2H3,(H,22,23,25)/t15-,16-/m1/s1. The first-order valence-electron chi connectivity index (χ1n) is 10.2. The Bertz CT molecular complexity index is 1070. The van der Waals surface area contributed by atoms with Gasteiger partial charge in [0, 0.05) is 30.2 Å². The van der Waals surface area contributed by atoms with E-state index in [1.165, 1.54) is 23.5 Å². The highest BCUT2D eigenvalue weighted by molar-refractivity contribution is 7.92. The highest BCUT2D eigenvalue weighted by Gasteiger charge is 2.37. The topological polar surface area (TPSA) is 107 Å². The zero-order valence-electron chi connectivity index (χ0n) is 17.4. The lowest BCUT2D eigenvalue weighted by molar-refractivity contribution is -0.110. The van der Waals surface area contributed by atoms with Crippen LogP contribution in [0.2, 0.25) is 0 Å². The molecule has 0 radical (unpaired) electrons. The lowest BCUT2D eigenvalue weighted by atomic mass is 10.1. The number of hydrogen-bond acceptors (Lipinski definition) is 8. The third kappa shape index (κ3) is 5.13. The van der Waals surface area contributed by atoms with Gasteiger partial charge in [0.05, 0.1) is 16.2 Å². The lowest BCUT2D eigenvalue weighted by Gasteiger charge is -2.12. The van der Waals surface area contributed by atoms with Crippen molar-refractivity contribution in [1.82, 2.24) is 4.98 Å². The van der Waals surface area contributed by atoms with Gasteiger partial charge in [-0.2, -0.15) is 0 Å². The molecule has 0 spiro atoms. The zero-order chi connectivity index (χ0) is 22.0. The van der Waals surface area contributed by atoms with Crippen LogP contribution in [0.15, 0.2) is 40.5 Å². The lowest BCUT2D eigenvalue weighted by Crippen LogP contribution is -2.25. The van der Waals surface area contributed by atoms with Crippen LogP contribution in [0.25, 0.3) is 0 Å². The number of aryl methyl sites for hydroxylation is 1. The van der Waals surface area contributed by atoms with E-state index in [4.69, 9.17) is 9.57 Å². The number of anilines is 1. The summed E-state index contributed by atoms with van der Waals surface area (Å²) < 4.78 is 30.3. The quantitative estimate of drug-likeness (QED) is 0.475. The molecule has 0 bridgehead atoms. The van der Waals surface area contributed by atoms with Crippen LogP contribution in [0.3, 0.4) is 0 Å². The van der Waals surface area contributed by atoms with Gasteiger partial charge in [-0.25, -0.2) is 13.4 Å². The molecular weight excluding hydrogens is 438 g/mol. The number of rotatable bonds is 8. The van der Waals surface area contributed by atoms with E-state index in [9.17, 15) is 13.2 Å². The number of oxime groups is 1. The summed E-state index contributed by atoms with van der Waals surface area (Å²) >= 11 is 1.36. The first kappa shape index (κ1) is 21.9. The largest absolute Gasteiger partial charge is 0.392 e. The smallest absolute Gasteiger partial charge is 0.280 e. The van der Waals surface area contributed by atoms with Gasteiger partial charge in [0.2, 0.25) is 0 Å². The Kier molecular flexibility index (Phi) is 6.40. The predicted octanol–water partition coefficient (Wildman–Crippen LogP) is 3.31. The molecule has 1 heterocycles. The Morgan fingerprint density at radius 2 is 1.87 bits per heavy atom. The number of ether oxygens (including phenoxy) is 1. The summed E-state index contributed by atoms with van der Waals surface area (Å²) in [6.45, 7) is 1.90. The maximum absolute atomic E-state index is 12.9. The first-order chi connectivity index (χ1) is 14.9. The second kappa shape index (κ2) is 9.05. The van der Waals surface area contributed by atoms with Gasteiger partial charge in [-0.15, -0.1) is 11.3 Å². The van der Waals surface area contributed by atoms with Crippen molar-refractivity contribution in [2.75, 3.05) is 12.4 Å². The molecule has 2 aliphatic rings. The van der Waals surface area contributed by atoms with Crippen LogP contribution in [0.1, 0.15) is 42.5 Å². The van der Waals surface area contributed by atoms with Gasteiger partial charge in [-0.1, -0.05) is 17.3 Å². The van der Waals surface area contributed by atoms with Gasteiger partial charge in [-0.05, 0) is 44.7 Å². The SMILES string of the molecule is CO[C@@H]1CC[C@@H](ON=C(C(=O)Nc2ncc(C)s2)c2ccc(S(=O)(=O)C3CC3)cc2)C1. The van der Waals surface area contributed by atoms with Crippen LogP contribution < -0.4 is 5.32 Å². The molecule has 2 atom stereocenters. The second-order valence-corrected chi connectivity index (χ2v) is 11.3. The van der Waals surface area contributed by atoms with Crippen molar-refractivity contribution in [2.24, 2.45) is 5.16 Å². The maximum atomic E-state index is 12.9. The van der Waals surface area contributed by atoms with Crippen molar-refractivity contribution >= 4 is 37.9 Å². The van der Waals surface area contributed by atoms with Crippen LogP contribution in [-0.4, -0.2) is 49.6 Å². The van der Waals surface area contributed by atoms with Crippen molar-refractivity contribution in [3.8, 4) is 0 Å². The number of methoxy groups -OCH3 is 1. The minimum Gasteiger partial charge on any atom is -0.392 e. The number of nitrogens with zero attached hydrogens (tertiary/aromatic N) is 2. The second-order valence-electron chi connectivity index (χ2n) is 7.84. The number of aromatic nitrogens is 1. The number of carbonyl (C=O) groups excluding carboxylic acids is 1. The summed E-state index contributed by atoms with van der Waals surface area (Å²) in [7, 11) is -1.63. The Morgan fingerprint density at radius 3 is 2.45 bits per heavy atom. The van der Waals surface area contributed by atoms with Gasteiger partial charge in [-0.3, -0.25) is 10.1 Å². The van der Waals surface area contributed by atoms with E-state index in [2.05, 4.69) is 15.5 Å². The molecule has 1 aromatic carbocycles. The molecule has 10 heteroatoms. The van der Waals surface area contributed by atoms with E-state index in [0.717, 1.165) is 17.7 Å². The van der Waals surface area contributed by atoms with Gasteiger partial charge in [0.25, 0.3) is 5.91 Å². The molecule has 166 valence electrons. The van der Waals surface area contributed by atoms with Crippen molar-refractivity contribution < 1.29 is 22.8 Å². The van der Waals surface area contributed by atoms with Gasteiger partial charge < -0.3 is 9.57 Å². The molecule has 4 rings (SSSR count). The molecule has 2 aliphatic carbocycles. The van der Waals surface area contributed by atoms with Crippen LogP contribution in [0.5, 0.6) is 0 Å². The molecule has 2 aromatic rings. The normalized spacial score (nSPS) is 21.8. The average Bonchev–Trinajstić information content (AvgIpc) is 3.40. The van der Waals surface area contributed by atoms with E-state index in [1.54, 1.807) is 25.4 Å². The molecule has 0 aliphatic heterocycles. The number of benzene rings is 1. The molecule has 0 saturated heterocycles. The average molecular weight is 464 g/mol. The maximum Gasteiger partial charge on any atom is 0.280 e. The molecule has 8 nitrogen and oxygen atoms in total. The molecular formula is C21H25N3O5S2. The minimum atomic E-state index is -3.30. The summed E-state index contributed by atoms with van der Waals surface area (Å²) in [5.41, 5.74) is 0.547. The monoisotopic (exact) mass is 463 g/mol. The highest BCUT2D eigenvalue weighted by atomic mass is 32.2. The third-order valence-corrected chi connectivity index (χ3v) is 8.55. The van der Waals surface area contributed by atoms with E-state index in [-0.39, 0.29) is 28.1 Å². The summed E-state index contributed by atoms with van der Waals surface area (Å²) in [5.74, 6) is -0.464. The van der Waals surface area contributed by atoms with Crippen molar-refractivity contribution in [2.45, 2.75) is 61.4 Å². The fraction of sp³-hybridized carbons (Fsp3) is 0.476. The molecule has 2 saturated carbocycles. The van der Waals surface area contributed by atoms with Gasteiger partial charge in [0.1, 0.15) is 6.10 Å². The third-order valence-electron chi connectivity index (χ3n) is 5.44. The Hall–Kier alpha value is -2.30. The number of nitrogens with one attached hydrogen (secondary N) is 1. The Balaban J connectivity index is 1.56. The van der Waals surface area contributed by atoms with Crippen molar-refractivity contribution in [3.63, 3.8) is 0 Å². The molecule has 1 amide bonds. The van der Waals surface area contributed by atoms with Crippen LogP contribution >= 0.6 is 11.3 Å². The number of sulfone groups is 1. The van der Waals surface area contributed by atoms with E-state index in [1.807, 2.05) is 6.92 Å². The molecule has 1 aromatic heterocycles. The van der Waals surface area contributed by atoms with Crippen LogP contribution in [0, 0.1) is 6.92 Å². The summed E-state index contributed by atoms with van der Waals surface area (Å²) in [6.07, 6.45) is 5.44. The van der Waals surface area contributed by atoms with E-state index >= 15 is 0 Å². The molecule has 31 heavy (non-hydrogen) atoms. The van der Waals surface area contributed by atoms with E-state index in [0.29, 0.717) is 30.0 Å². The van der Waals surface area contributed by atoms with Crippen LogP contribution in [0.4, 0.5) is 5.13 Å². The summed E-state index contributed by atoms with van der Waals surface area (Å²) in [4.78, 5) is 24.0. The van der Waals surface area contributed by atoms with Crippen molar-refractivity contribution in [3.05, 3.63) is 40.9 Å². The van der Waals surface area contributed by atoms with Gasteiger partial charge >= 0.3 is 0 Å². The fourth-order valence-electron chi connectivity index (χ4n) is 3.51. The molecule has 2 fully saturated rings. The summed E-state index contributed by atoms with van der Waals surface area (Å²) in [5, 5.41) is 7.08. The number of hydrogen-bond donors (Lipinski definition) is 1. The minimum absolute atomic E-state index is 0.0732. The summed E-state index contributed by atoms with van der Waals surface area (Å²) in [6, 6.07) is 6.24. The number of thiazole rings is 1. The van der Waals surface area contributed by atoms with E-state index < -0.39 is 15.7 Å². The van der Waals surface area contributed by atoms with Crippen LogP contribution in [-0.2, 0) is 24.2 Å². The zero-order valence-corrected chi connectivity index (χ0v) is 19.0. The first-order valence-corrected chi connectivity index (χ1v) is 12.6. The Morgan fingerprint density at radius 1 is 1.16 bits per heavy atom. The number of amides is 1. The fourth-order valence-corrected chi connectivity index (χ4v) is 5.82. The highest BCUT2D eigenvalue weighted by Crippen LogP contribution is 2.33. The predicted molar refractivity (Wildman–Crippen MR) is 118 cm³/mol.